The van der Waals surface area contributed by atoms with Crippen LogP contribution in [0.5, 0.6) is 0 Å². The van der Waals surface area contributed by atoms with Crippen molar-refractivity contribution in [2.45, 2.75) is 38.2 Å². The Balaban J connectivity index is 2.09. The number of hydrogen-bond donors (Lipinski definition) is 1. The zero-order chi connectivity index (χ0) is 12.1. The fourth-order valence-electron chi connectivity index (χ4n) is 2.36. The van der Waals surface area contributed by atoms with Crippen LogP contribution in [-0.4, -0.2) is 5.11 Å². The zero-order valence-electron chi connectivity index (χ0n) is 9.98. The summed E-state index contributed by atoms with van der Waals surface area (Å²) < 4.78 is 1.21. The van der Waals surface area contributed by atoms with Crippen LogP contribution in [0.3, 0.4) is 0 Å². The van der Waals surface area contributed by atoms with Crippen molar-refractivity contribution >= 4 is 22.6 Å². The second-order valence-corrected chi connectivity index (χ2v) is 5.97. The molecule has 0 saturated carbocycles. The molecule has 0 saturated heterocycles. The molecule has 1 N–H and O–H groups in total. The largest absolute Gasteiger partial charge is 0.388 e. The van der Waals surface area contributed by atoms with Crippen LogP contribution in [-0.2, 0) is 0 Å². The van der Waals surface area contributed by atoms with E-state index in [4.69, 9.17) is 0 Å². The molecule has 92 valence electrons. The number of benzene rings is 1. The van der Waals surface area contributed by atoms with Crippen LogP contribution in [0.25, 0.3) is 0 Å². The van der Waals surface area contributed by atoms with Gasteiger partial charge in [-0.25, -0.2) is 0 Å². The highest BCUT2D eigenvalue weighted by molar-refractivity contribution is 14.1. The van der Waals surface area contributed by atoms with E-state index >= 15 is 0 Å². The molecule has 1 aromatic carbocycles. The van der Waals surface area contributed by atoms with Crippen molar-refractivity contribution in [3.8, 4) is 0 Å². The third kappa shape index (κ3) is 3.81. The summed E-state index contributed by atoms with van der Waals surface area (Å²) in [7, 11) is 0. The molecule has 0 aliphatic heterocycles. The van der Waals surface area contributed by atoms with Gasteiger partial charge < -0.3 is 5.11 Å². The first-order chi connectivity index (χ1) is 8.27. The molecule has 2 atom stereocenters. The summed E-state index contributed by atoms with van der Waals surface area (Å²) in [4.78, 5) is 0. The highest BCUT2D eigenvalue weighted by Crippen LogP contribution is 2.29. The van der Waals surface area contributed by atoms with Gasteiger partial charge in [0.1, 0.15) is 0 Å². The third-order valence-corrected chi connectivity index (χ3v) is 4.13. The van der Waals surface area contributed by atoms with Crippen molar-refractivity contribution in [1.82, 2.24) is 0 Å². The monoisotopic (exact) mass is 342 g/mol. The van der Waals surface area contributed by atoms with Gasteiger partial charge in [0.05, 0.1) is 6.10 Å². The quantitative estimate of drug-likeness (QED) is 0.621. The van der Waals surface area contributed by atoms with Gasteiger partial charge in [0.25, 0.3) is 0 Å². The summed E-state index contributed by atoms with van der Waals surface area (Å²) in [6, 6.07) is 8.20. The number of aliphatic hydroxyl groups excluding tert-OH is 1. The molecule has 0 spiro atoms. The van der Waals surface area contributed by atoms with E-state index < -0.39 is 0 Å². The first kappa shape index (κ1) is 13.1. The molecule has 0 unspecified atom stereocenters. The predicted octanol–water partition coefficient (Wildman–Crippen LogP) is 4.46. The predicted molar refractivity (Wildman–Crippen MR) is 79.8 cm³/mol. The fraction of sp³-hybridized carbons (Fsp3) is 0.467. The SMILES string of the molecule is O[C@H](c1ccc(I)cc1)[C@H]1/C=C\CCCCC1. The van der Waals surface area contributed by atoms with Crippen molar-refractivity contribution < 1.29 is 5.11 Å². The molecule has 17 heavy (non-hydrogen) atoms. The smallest absolute Gasteiger partial charge is 0.0852 e. The maximum Gasteiger partial charge on any atom is 0.0852 e. The Morgan fingerprint density at radius 3 is 2.65 bits per heavy atom. The Morgan fingerprint density at radius 2 is 1.88 bits per heavy atom. The minimum absolute atomic E-state index is 0.287. The van der Waals surface area contributed by atoms with Gasteiger partial charge in [-0.2, -0.15) is 0 Å². The highest BCUT2D eigenvalue weighted by atomic mass is 127. The van der Waals surface area contributed by atoms with E-state index in [2.05, 4.69) is 46.9 Å². The first-order valence-corrected chi connectivity index (χ1v) is 7.45. The number of hydrogen-bond acceptors (Lipinski definition) is 1. The average molecular weight is 342 g/mol. The van der Waals surface area contributed by atoms with Crippen LogP contribution >= 0.6 is 22.6 Å². The number of aliphatic hydroxyl groups is 1. The Morgan fingerprint density at radius 1 is 1.12 bits per heavy atom. The summed E-state index contributed by atoms with van der Waals surface area (Å²) in [5.41, 5.74) is 1.04. The van der Waals surface area contributed by atoms with Crippen LogP contribution in [0.4, 0.5) is 0 Å². The molecule has 1 aliphatic rings. The van der Waals surface area contributed by atoms with Crippen LogP contribution in [0.1, 0.15) is 43.8 Å². The van der Waals surface area contributed by atoms with Gasteiger partial charge in [-0.3, -0.25) is 0 Å². The van der Waals surface area contributed by atoms with Crippen molar-refractivity contribution in [3.05, 3.63) is 45.6 Å². The summed E-state index contributed by atoms with van der Waals surface area (Å²) in [5.74, 6) is 0.287. The summed E-state index contributed by atoms with van der Waals surface area (Å²) in [6.45, 7) is 0. The standard InChI is InChI=1S/C15H19IO/c16-14-10-8-13(9-11-14)15(17)12-6-4-2-1-3-5-7-12/h4,6,8-12,15,17H,1-3,5,7H2/b6-4-/t12-,15-/m0/s1. The maximum absolute atomic E-state index is 10.4. The second-order valence-electron chi connectivity index (χ2n) is 4.73. The molecule has 0 radical (unpaired) electrons. The van der Waals surface area contributed by atoms with E-state index in [1.165, 1.54) is 22.8 Å². The molecule has 2 heteroatoms. The van der Waals surface area contributed by atoms with Crippen LogP contribution in [0.15, 0.2) is 36.4 Å². The topological polar surface area (TPSA) is 20.2 Å². The number of allylic oxidation sites excluding steroid dienone is 1. The summed E-state index contributed by atoms with van der Waals surface area (Å²) in [5, 5.41) is 10.4. The lowest BCUT2D eigenvalue weighted by Gasteiger charge is -2.21. The van der Waals surface area contributed by atoms with E-state index in [0.717, 1.165) is 18.4 Å². The number of halogens is 1. The Hall–Kier alpha value is -0.350. The minimum atomic E-state index is -0.346. The zero-order valence-corrected chi connectivity index (χ0v) is 12.1. The molecule has 0 bridgehead atoms. The van der Waals surface area contributed by atoms with Crippen LogP contribution in [0, 0.1) is 9.49 Å². The van der Waals surface area contributed by atoms with Crippen molar-refractivity contribution in [3.63, 3.8) is 0 Å². The first-order valence-electron chi connectivity index (χ1n) is 6.37. The normalized spacial score (nSPS) is 24.7. The van der Waals surface area contributed by atoms with Gasteiger partial charge in [-0.05, 0) is 59.5 Å². The molecule has 1 nitrogen and oxygen atoms in total. The molecular formula is C15H19IO. The van der Waals surface area contributed by atoms with Gasteiger partial charge in [0, 0.05) is 9.49 Å². The fourth-order valence-corrected chi connectivity index (χ4v) is 2.72. The van der Waals surface area contributed by atoms with E-state index in [0.29, 0.717) is 0 Å². The van der Waals surface area contributed by atoms with Crippen molar-refractivity contribution in [1.29, 1.82) is 0 Å². The maximum atomic E-state index is 10.4. The van der Waals surface area contributed by atoms with E-state index in [1.54, 1.807) is 0 Å². The van der Waals surface area contributed by atoms with Gasteiger partial charge in [0.2, 0.25) is 0 Å². The second kappa shape index (κ2) is 6.55. The molecule has 0 amide bonds. The van der Waals surface area contributed by atoms with Gasteiger partial charge in [-0.1, -0.05) is 37.1 Å². The summed E-state index contributed by atoms with van der Waals surface area (Å²) >= 11 is 2.29. The van der Waals surface area contributed by atoms with Crippen molar-refractivity contribution in [2.75, 3.05) is 0 Å². The molecule has 2 rings (SSSR count). The highest BCUT2D eigenvalue weighted by Gasteiger charge is 2.18. The molecule has 0 heterocycles. The van der Waals surface area contributed by atoms with Crippen molar-refractivity contribution in [2.24, 2.45) is 5.92 Å². The molecular weight excluding hydrogens is 323 g/mol. The molecule has 1 aromatic rings. The molecule has 0 aromatic heterocycles. The Kier molecular flexibility index (Phi) is 5.04. The Bertz CT molecular complexity index is 369. The van der Waals surface area contributed by atoms with Gasteiger partial charge in [0.15, 0.2) is 0 Å². The average Bonchev–Trinajstić information content (AvgIpc) is 2.29. The van der Waals surface area contributed by atoms with Gasteiger partial charge in [-0.15, -0.1) is 0 Å². The third-order valence-electron chi connectivity index (χ3n) is 3.41. The van der Waals surface area contributed by atoms with Gasteiger partial charge >= 0.3 is 0 Å². The molecule has 1 aliphatic carbocycles. The van der Waals surface area contributed by atoms with Crippen LogP contribution < -0.4 is 0 Å². The van der Waals surface area contributed by atoms with E-state index in [-0.39, 0.29) is 12.0 Å². The molecule has 0 fully saturated rings. The lowest BCUT2D eigenvalue weighted by atomic mass is 9.88. The van der Waals surface area contributed by atoms with E-state index in [1.807, 2.05) is 12.1 Å². The number of rotatable bonds is 2. The lowest BCUT2D eigenvalue weighted by molar-refractivity contribution is 0.124. The van der Waals surface area contributed by atoms with E-state index in [9.17, 15) is 5.11 Å². The van der Waals surface area contributed by atoms with Crippen LogP contribution in [0.2, 0.25) is 0 Å². The Labute approximate surface area is 117 Å². The summed E-state index contributed by atoms with van der Waals surface area (Å²) in [6.07, 6.45) is 10.2. The minimum Gasteiger partial charge on any atom is -0.388 e. The lowest BCUT2D eigenvalue weighted by Crippen LogP contribution is -2.11.